The van der Waals surface area contributed by atoms with Gasteiger partial charge < -0.3 is 31.4 Å². The molecule has 0 aliphatic carbocycles. The molecule has 1 fully saturated rings. The Morgan fingerprint density at radius 1 is 1.55 bits per heavy atom. The number of H-pyrrole nitrogens is 1. The molecular weight excluding hydrogens is 370 g/mol. The summed E-state index contributed by atoms with van der Waals surface area (Å²) < 4.78 is 5.17. The van der Waals surface area contributed by atoms with E-state index in [4.69, 9.17) is 16.2 Å². The number of hydrogen-bond donors (Lipinski definition) is 4. The molecule has 1 saturated heterocycles. The number of nitrogens with one attached hydrogen (secondary N) is 2. The lowest BCUT2D eigenvalue weighted by molar-refractivity contribution is -0.126. The number of nitrogens with zero attached hydrogens (tertiary/aromatic N) is 3. The standard InChI is InChI=1S/C20H27N7O2/c1-3-29-12-17(28)26-14-6-9-27(11-14)16-5-8-23-19-18(16)15(10-25-19)13(2)4-7-24-20(21)22/h4-5,7-8,10,14H,2-3,6,9,11-12H2,1H3,(H,23,25)(H,26,28)(H4,21,22,24)/b7-4-/t14-/m0/s1. The highest BCUT2D eigenvalue weighted by Gasteiger charge is 2.26. The molecule has 1 aliphatic heterocycles. The maximum atomic E-state index is 11.9. The van der Waals surface area contributed by atoms with Crippen LogP contribution in [0.15, 0.2) is 42.3 Å². The number of pyridine rings is 1. The van der Waals surface area contributed by atoms with E-state index in [9.17, 15) is 4.79 Å². The largest absolute Gasteiger partial charge is 0.372 e. The Labute approximate surface area is 169 Å². The number of rotatable bonds is 8. The van der Waals surface area contributed by atoms with Gasteiger partial charge in [0.05, 0.1) is 0 Å². The molecule has 1 amide bonds. The summed E-state index contributed by atoms with van der Waals surface area (Å²) >= 11 is 0. The summed E-state index contributed by atoms with van der Waals surface area (Å²) in [6.45, 7) is 8.16. The van der Waals surface area contributed by atoms with Gasteiger partial charge in [0.2, 0.25) is 5.91 Å². The topological polar surface area (TPSA) is 135 Å². The van der Waals surface area contributed by atoms with Gasteiger partial charge >= 0.3 is 0 Å². The third-order valence-corrected chi connectivity index (χ3v) is 4.73. The van der Waals surface area contributed by atoms with E-state index in [0.29, 0.717) is 6.61 Å². The van der Waals surface area contributed by atoms with Crippen molar-refractivity contribution >= 4 is 34.2 Å². The number of aromatic nitrogens is 2. The number of allylic oxidation sites excluding steroid dienone is 2. The minimum absolute atomic E-state index is 0.00942. The summed E-state index contributed by atoms with van der Waals surface area (Å²) in [6.07, 6.45) is 7.79. The van der Waals surface area contributed by atoms with Crippen LogP contribution in [0.25, 0.3) is 16.6 Å². The quantitative estimate of drug-likeness (QED) is 0.299. The number of aromatic amines is 1. The lowest BCUT2D eigenvalue weighted by Crippen LogP contribution is -2.39. The van der Waals surface area contributed by atoms with Crippen LogP contribution in [-0.4, -0.2) is 54.2 Å². The lowest BCUT2D eigenvalue weighted by Gasteiger charge is -2.20. The van der Waals surface area contributed by atoms with Crippen molar-refractivity contribution in [3.63, 3.8) is 0 Å². The van der Waals surface area contributed by atoms with Crippen molar-refractivity contribution in [1.29, 1.82) is 0 Å². The fraction of sp³-hybridized carbons (Fsp3) is 0.350. The zero-order valence-electron chi connectivity index (χ0n) is 16.5. The van der Waals surface area contributed by atoms with Crippen LogP contribution in [0, 0.1) is 0 Å². The van der Waals surface area contributed by atoms with Crippen molar-refractivity contribution in [1.82, 2.24) is 15.3 Å². The molecule has 6 N–H and O–H groups in total. The number of anilines is 1. The number of hydrogen-bond acceptors (Lipinski definition) is 5. The van der Waals surface area contributed by atoms with Crippen molar-refractivity contribution in [3.8, 4) is 0 Å². The van der Waals surface area contributed by atoms with E-state index in [1.165, 1.54) is 6.20 Å². The molecule has 0 saturated carbocycles. The average Bonchev–Trinajstić information content (AvgIpc) is 3.32. The number of carbonyl (C=O) groups excluding carboxylic acids is 1. The number of amides is 1. The van der Waals surface area contributed by atoms with Gasteiger partial charge in [-0.25, -0.2) is 9.98 Å². The van der Waals surface area contributed by atoms with E-state index in [1.807, 2.05) is 19.2 Å². The van der Waals surface area contributed by atoms with Crippen molar-refractivity contribution < 1.29 is 9.53 Å². The Morgan fingerprint density at radius 2 is 2.38 bits per heavy atom. The molecule has 2 aromatic heterocycles. The highest BCUT2D eigenvalue weighted by Crippen LogP contribution is 2.34. The number of carbonyl (C=O) groups is 1. The fourth-order valence-corrected chi connectivity index (χ4v) is 3.42. The van der Waals surface area contributed by atoms with E-state index in [-0.39, 0.29) is 24.5 Å². The highest BCUT2D eigenvalue weighted by atomic mass is 16.5. The lowest BCUT2D eigenvalue weighted by atomic mass is 10.1. The first kappa shape index (κ1) is 20.4. The summed E-state index contributed by atoms with van der Waals surface area (Å²) in [7, 11) is 0. The zero-order valence-corrected chi connectivity index (χ0v) is 16.5. The van der Waals surface area contributed by atoms with E-state index in [0.717, 1.165) is 47.4 Å². The van der Waals surface area contributed by atoms with E-state index in [2.05, 4.69) is 31.8 Å². The molecule has 1 atom stereocenters. The molecule has 0 aromatic carbocycles. The van der Waals surface area contributed by atoms with E-state index in [1.54, 1.807) is 12.3 Å². The first-order chi connectivity index (χ1) is 14.0. The molecule has 154 valence electrons. The Balaban J connectivity index is 1.79. The predicted octanol–water partition coefficient (Wildman–Crippen LogP) is 1.09. The summed E-state index contributed by atoms with van der Waals surface area (Å²) in [5, 5.41) is 4.01. The molecule has 9 heteroatoms. The minimum Gasteiger partial charge on any atom is -0.372 e. The van der Waals surface area contributed by atoms with Crippen LogP contribution >= 0.6 is 0 Å². The number of guanidine groups is 1. The number of fused-ring (bicyclic) bond motifs is 1. The summed E-state index contributed by atoms with van der Waals surface area (Å²) in [6, 6.07) is 2.07. The van der Waals surface area contributed by atoms with Gasteiger partial charge in [-0.3, -0.25) is 4.79 Å². The second-order valence-corrected chi connectivity index (χ2v) is 6.79. The SMILES string of the molecule is C=C(/C=C\N=C(N)N)c1c[nH]c2nccc(N3CC[C@H](NC(=O)COCC)C3)c12. The van der Waals surface area contributed by atoms with Crippen molar-refractivity contribution in [2.24, 2.45) is 16.5 Å². The number of nitrogens with two attached hydrogens (primary N) is 2. The van der Waals surface area contributed by atoms with Gasteiger partial charge in [-0.05, 0) is 31.1 Å². The third kappa shape index (κ3) is 4.94. The molecule has 29 heavy (non-hydrogen) atoms. The Morgan fingerprint density at radius 3 is 3.14 bits per heavy atom. The molecule has 3 rings (SSSR count). The zero-order chi connectivity index (χ0) is 20.8. The normalized spacial score (nSPS) is 16.4. The minimum atomic E-state index is -0.0841. The molecule has 0 radical (unpaired) electrons. The van der Waals surface area contributed by atoms with Crippen LogP contribution in [0.4, 0.5) is 5.69 Å². The Bertz CT molecular complexity index is 943. The van der Waals surface area contributed by atoms with Gasteiger partial charge in [-0.15, -0.1) is 0 Å². The van der Waals surface area contributed by atoms with E-state index >= 15 is 0 Å². The van der Waals surface area contributed by atoms with Gasteiger partial charge in [0, 0.05) is 61.0 Å². The Hall–Kier alpha value is -3.33. The number of aliphatic imine (C=N–C) groups is 1. The molecular formula is C20H27N7O2. The van der Waals surface area contributed by atoms with Gasteiger partial charge in [-0.1, -0.05) is 6.58 Å². The summed E-state index contributed by atoms with van der Waals surface area (Å²) in [4.78, 5) is 25.7. The third-order valence-electron chi connectivity index (χ3n) is 4.73. The summed E-state index contributed by atoms with van der Waals surface area (Å²) in [5.74, 6) is -0.0935. The highest BCUT2D eigenvalue weighted by molar-refractivity contribution is 6.01. The van der Waals surface area contributed by atoms with Crippen LogP contribution < -0.4 is 21.7 Å². The maximum Gasteiger partial charge on any atom is 0.246 e. The monoisotopic (exact) mass is 397 g/mol. The second-order valence-electron chi connectivity index (χ2n) is 6.79. The van der Waals surface area contributed by atoms with Gasteiger partial charge in [0.1, 0.15) is 12.3 Å². The first-order valence-electron chi connectivity index (χ1n) is 9.52. The molecule has 0 spiro atoms. The molecule has 2 aromatic rings. The van der Waals surface area contributed by atoms with Gasteiger partial charge in [-0.2, -0.15) is 0 Å². The van der Waals surface area contributed by atoms with Crippen LogP contribution in [-0.2, 0) is 9.53 Å². The smallest absolute Gasteiger partial charge is 0.246 e. The van der Waals surface area contributed by atoms with Crippen molar-refractivity contribution in [2.75, 3.05) is 31.2 Å². The molecule has 0 unspecified atom stereocenters. The van der Waals surface area contributed by atoms with Gasteiger partial charge in [0.15, 0.2) is 5.96 Å². The second kappa shape index (κ2) is 9.24. The fourth-order valence-electron chi connectivity index (χ4n) is 3.42. The van der Waals surface area contributed by atoms with E-state index < -0.39 is 0 Å². The maximum absolute atomic E-state index is 11.9. The molecule has 0 bridgehead atoms. The van der Waals surface area contributed by atoms with Crippen molar-refractivity contribution in [2.45, 2.75) is 19.4 Å². The molecule has 9 nitrogen and oxygen atoms in total. The van der Waals surface area contributed by atoms with Gasteiger partial charge in [0.25, 0.3) is 0 Å². The predicted molar refractivity (Wildman–Crippen MR) is 115 cm³/mol. The number of ether oxygens (including phenoxy) is 1. The molecule has 3 heterocycles. The summed E-state index contributed by atoms with van der Waals surface area (Å²) in [5.41, 5.74) is 14.2. The molecule has 1 aliphatic rings. The average molecular weight is 397 g/mol. The van der Waals surface area contributed by atoms with Crippen molar-refractivity contribution in [3.05, 3.63) is 42.9 Å². The van der Waals surface area contributed by atoms with Crippen LogP contribution in [0.2, 0.25) is 0 Å². The van der Waals surface area contributed by atoms with Crippen LogP contribution in [0.1, 0.15) is 18.9 Å². The van der Waals surface area contributed by atoms with Crippen LogP contribution in [0.5, 0.6) is 0 Å². The first-order valence-corrected chi connectivity index (χ1v) is 9.52. The van der Waals surface area contributed by atoms with Crippen LogP contribution in [0.3, 0.4) is 0 Å². The Kier molecular flexibility index (Phi) is 6.50.